The van der Waals surface area contributed by atoms with E-state index in [9.17, 15) is 0 Å². The van der Waals surface area contributed by atoms with Crippen LogP contribution in [-0.2, 0) is 61.6 Å². The summed E-state index contributed by atoms with van der Waals surface area (Å²) in [5.74, 6) is 0. The molecule has 0 unspecified atom stereocenters. The molecular formula is C42H86O13. The maximum absolute atomic E-state index is 5.61. The van der Waals surface area contributed by atoms with Gasteiger partial charge >= 0.3 is 0 Å². The number of unbranched alkanes of at least 4 members (excludes halogenated alkanes) is 12. The van der Waals surface area contributed by atoms with Gasteiger partial charge in [-0.3, -0.25) is 0 Å². The molecule has 0 aliphatic heterocycles. The summed E-state index contributed by atoms with van der Waals surface area (Å²) in [6, 6.07) is 0. The molecule has 0 N–H and O–H groups in total. The number of hydrogen-bond acceptors (Lipinski definition) is 13. The van der Waals surface area contributed by atoms with Crippen molar-refractivity contribution < 1.29 is 61.6 Å². The van der Waals surface area contributed by atoms with Crippen LogP contribution in [0.3, 0.4) is 0 Å². The monoisotopic (exact) mass is 799 g/mol. The van der Waals surface area contributed by atoms with Gasteiger partial charge in [0, 0.05) is 13.2 Å². The van der Waals surface area contributed by atoms with Crippen LogP contribution in [0.2, 0.25) is 0 Å². The molecule has 0 saturated carbocycles. The van der Waals surface area contributed by atoms with E-state index in [1.54, 1.807) is 0 Å². The van der Waals surface area contributed by atoms with Gasteiger partial charge in [0.15, 0.2) is 0 Å². The first kappa shape index (κ1) is 54.5. The van der Waals surface area contributed by atoms with Crippen LogP contribution >= 0.6 is 0 Å². The van der Waals surface area contributed by atoms with E-state index in [1.165, 1.54) is 77.0 Å². The van der Waals surface area contributed by atoms with E-state index in [0.29, 0.717) is 159 Å². The number of hydrogen-bond donors (Lipinski definition) is 0. The van der Waals surface area contributed by atoms with Crippen molar-refractivity contribution in [3.8, 4) is 0 Å². The maximum Gasteiger partial charge on any atom is 0.0701 e. The first-order valence-electron chi connectivity index (χ1n) is 21.9. The van der Waals surface area contributed by atoms with Crippen molar-refractivity contribution in [1.29, 1.82) is 0 Å². The van der Waals surface area contributed by atoms with Crippen LogP contribution in [0.4, 0.5) is 0 Å². The quantitative estimate of drug-likeness (QED) is 0.0608. The predicted octanol–water partition coefficient (Wildman–Crippen LogP) is 6.70. The van der Waals surface area contributed by atoms with Crippen LogP contribution in [0, 0.1) is 0 Å². The van der Waals surface area contributed by atoms with Crippen LogP contribution in [0.15, 0.2) is 0 Å². The van der Waals surface area contributed by atoms with Gasteiger partial charge in [-0.25, -0.2) is 0 Å². The van der Waals surface area contributed by atoms with E-state index in [2.05, 4.69) is 13.8 Å². The molecule has 0 aliphatic carbocycles. The molecule has 0 aromatic rings. The Hall–Kier alpha value is -0.520. The Balaban J connectivity index is 3.05. The molecule has 0 amide bonds. The second-order valence-electron chi connectivity index (χ2n) is 13.2. The van der Waals surface area contributed by atoms with Crippen LogP contribution in [0.5, 0.6) is 0 Å². The first-order valence-corrected chi connectivity index (χ1v) is 21.9. The van der Waals surface area contributed by atoms with Crippen molar-refractivity contribution >= 4 is 0 Å². The Kier molecular flexibility index (Phi) is 53.0. The Labute approximate surface area is 336 Å². The summed E-state index contributed by atoms with van der Waals surface area (Å²) >= 11 is 0. The molecule has 0 aromatic heterocycles. The molecule has 0 rings (SSSR count). The first-order chi connectivity index (χ1) is 27.4. The van der Waals surface area contributed by atoms with Gasteiger partial charge in [-0.2, -0.15) is 0 Å². The lowest BCUT2D eigenvalue weighted by Gasteiger charge is -2.09. The van der Waals surface area contributed by atoms with Gasteiger partial charge in [0.1, 0.15) is 0 Å². The zero-order chi connectivity index (χ0) is 39.5. The molecule has 0 radical (unpaired) electrons. The van der Waals surface area contributed by atoms with Crippen molar-refractivity contribution in [3.63, 3.8) is 0 Å². The van der Waals surface area contributed by atoms with E-state index in [-0.39, 0.29) is 0 Å². The van der Waals surface area contributed by atoms with Crippen molar-refractivity contribution in [2.75, 3.05) is 172 Å². The van der Waals surface area contributed by atoms with Gasteiger partial charge in [-0.1, -0.05) is 90.9 Å². The molecule has 0 aliphatic rings. The molecule has 0 atom stereocenters. The lowest BCUT2D eigenvalue weighted by Crippen LogP contribution is -2.15. The number of rotatable bonds is 52. The molecule has 0 heterocycles. The minimum Gasteiger partial charge on any atom is -0.379 e. The van der Waals surface area contributed by atoms with Gasteiger partial charge in [-0.15, -0.1) is 0 Å². The molecule has 0 saturated heterocycles. The summed E-state index contributed by atoms with van der Waals surface area (Å²) < 4.78 is 71.9. The predicted molar refractivity (Wildman–Crippen MR) is 217 cm³/mol. The third-order valence-electron chi connectivity index (χ3n) is 8.25. The Morgan fingerprint density at radius 3 is 0.436 bits per heavy atom. The van der Waals surface area contributed by atoms with E-state index in [0.717, 1.165) is 26.1 Å². The molecule has 0 fully saturated rings. The largest absolute Gasteiger partial charge is 0.379 e. The maximum atomic E-state index is 5.61. The lowest BCUT2D eigenvalue weighted by atomic mass is 10.1. The highest BCUT2D eigenvalue weighted by Gasteiger charge is 1.98. The smallest absolute Gasteiger partial charge is 0.0701 e. The van der Waals surface area contributed by atoms with Crippen molar-refractivity contribution in [3.05, 3.63) is 0 Å². The fraction of sp³-hybridized carbons (Fsp3) is 1.00. The van der Waals surface area contributed by atoms with Crippen molar-refractivity contribution in [1.82, 2.24) is 0 Å². The van der Waals surface area contributed by atoms with Crippen LogP contribution < -0.4 is 0 Å². The minimum absolute atomic E-state index is 0.517. The summed E-state index contributed by atoms with van der Waals surface area (Å²) in [6.07, 6.45) is 18.2. The van der Waals surface area contributed by atoms with E-state index < -0.39 is 0 Å². The highest BCUT2D eigenvalue weighted by Crippen LogP contribution is 2.07. The van der Waals surface area contributed by atoms with Gasteiger partial charge in [0.2, 0.25) is 0 Å². The lowest BCUT2D eigenvalue weighted by molar-refractivity contribution is -0.0290. The molecule has 332 valence electrons. The van der Waals surface area contributed by atoms with Crippen molar-refractivity contribution in [2.45, 2.75) is 104 Å². The van der Waals surface area contributed by atoms with Gasteiger partial charge in [0.25, 0.3) is 0 Å². The summed E-state index contributed by atoms with van der Waals surface area (Å²) in [6.45, 7) is 19.4. The van der Waals surface area contributed by atoms with Gasteiger partial charge in [-0.05, 0) is 12.8 Å². The van der Waals surface area contributed by atoms with E-state index >= 15 is 0 Å². The summed E-state index contributed by atoms with van der Waals surface area (Å²) in [7, 11) is 0. The van der Waals surface area contributed by atoms with E-state index in [1.807, 2.05) is 0 Å². The summed E-state index contributed by atoms with van der Waals surface area (Å²) in [5, 5.41) is 0. The van der Waals surface area contributed by atoms with Gasteiger partial charge < -0.3 is 61.6 Å². The average molecular weight is 799 g/mol. The van der Waals surface area contributed by atoms with Gasteiger partial charge in [0.05, 0.1) is 159 Å². The molecule has 13 nitrogen and oxygen atoms in total. The van der Waals surface area contributed by atoms with Crippen LogP contribution in [-0.4, -0.2) is 172 Å². The summed E-state index contributed by atoms with van der Waals surface area (Å²) in [4.78, 5) is 0. The van der Waals surface area contributed by atoms with Crippen LogP contribution in [0.25, 0.3) is 0 Å². The van der Waals surface area contributed by atoms with E-state index in [4.69, 9.17) is 61.6 Å². The topological polar surface area (TPSA) is 120 Å². The molecular weight excluding hydrogens is 712 g/mol. The standard InChI is InChI=1S/C42H86O13/c1-3-5-7-9-11-13-15-17-43-19-21-45-23-25-47-27-29-49-31-33-51-35-37-53-39-41-55-42-40-54-38-36-52-34-32-50-30-28-48-26-24-46-22-20-44-18-16-14-12-10-8-6-4-2/h3-42H2,1-2H3. The van der Waals surface area contributed by atoms with Crippen molar-refractivity contribution in [2.24, 2.45) is 0 Å². The second kappa shape index (κ2) is 53.5. The highest BCUT2D eigenvalue weighted by atomic mass is 16.6. The Morgan fingerprint density at radius 1 is 0.145 bits per heavy atom. The normalized spacial score (nSPS) is 11.7. The Bertz CT molecular complexity index is 599. The zero-order valence-electron chi connectivity index (χ0n) is 35.6. The fourth-order valence-electron chi connectivity index (χ4n) is 5.06. The third-order valence-corrected chi connectivity index (χ3v) is 8.25. The SMILES string of the molecule is CCCCCCCCCOCCOCCOCCOCCOCCOCCOCCOCCOCCOCCOCCOCCOCCCCCCCCC. The second-order valence-corrected chi connectivity index (χ2v) is 13.2. The highest BCUT2D eigenvalue weighted by molar-refractivity contribution is 4.46. The molecule has 0 bridgehead atoms. The molecule has 0 aromatic carbocycles. The third kappa shape index (κ3) is 53.5. The minimum atomic E-state index is 0.517. The average Bonchev–Trinajstić information content (AvgIpc) is 3.20. The zero-order valence-corrected chi connectivity index (χ0v) is 35.6. The summed E-state index contributed by atoms with van der Waals surface area (Å²) in [5.41, 5.74) is 0. The molecule has 55 heavy (non-hydrogen) atoms. The Morgan fingerprint density at radius 2 is 0.273 bits per heavy atom. The fourth-order valence-corrected chi connectivity index (χ4v) is 5.06. The molecule has 13 heteroatoms. The number of ether oxygens (including phenoxy) is 13. The molecule has 0 spiro atoms. The van der Waals surface area contributed by atoms with Crippen LogP contribution in [0.1, 0.15) is 104 Å².